The molecule has 1 nitrogen and oxygen atoms in total. The van der Waals surface area contributed by atoms with Crippen molar-refractivity contribution in [1.29, 1.82) is 0 Å². The maximum absolute atomic E-state index is 13.3. The Labute approximate surface area is 94.6 Å². The Hall–Kier alpha value is -0.600. The van der Waals surface area contributed by atoms with Crippen LogP contribution >= 0.6 is 11.6 Å². The molecule has 1 aliphatic carbocycles. The molecule has 1 fully saturated rings. The first-order valence-corrected chi connectivity index (χ1v) is 5.69. The van der Waals surface area contributed by atoms with Gasteiger partial charge in [-0.3, -0.25) is 0 Å². The number of hydrogen-bond donors (Lipinski definition) is 1. The molecule has 0 saturated heterocycles. The summed E-state index contributed by atoms with van der Waals surface area (Å²) < 4.78 is 13.3. The summed E-state index contributed by atoms with van der Waals surface area (Å²) in [5, 5.41) is 3.72. The molecule has 2 rings (SSSR count). The normalized spacial score (nSPS) is 24.2. The van der Waals surface area contributed by atoms with Crippen LogP contribution < -0.4 is 5.32 Å². The summed E-state index contributed by atoms with van der Waals surface area (Å²) in [7, 11) is 0. The van der Waals surface area contributed by atoms with Crippen LogP contribution in [-0.4, -0.2) is 6.54 Å². The molecule has 2 unspecified atom stereocenters. The molecule has 1 N–H and O–H groups in total. The molecule has 0 spiro atoms. The van der Waals surface area contributed by atoms with Gasteiger partial charge in [-0.25, -0.2) is 4.39 Å². The van der Waals surface area contributed by atoms with E-state index in [1.54, 1.807) is 12.1 Å². The average Bonchev–Trinajstić information content (AvgIpc) is 2.86. The zero-order chi connectivity index (χ0) is 10.8. The number of nitrogens with one attached hydrogen (secondary N) is 1. The number of hydrogen-bond acceptors (Lipinski definition) is 1. The minimum Gasteiger partial charge on any atom is -0.312 e. The molecule has 2 atom stereocenters. The van der Waals surface area contributed by atoms with E-state index in [9.17, 15) is 4.39 Å². The lowest BCUT2D eigenvalue weighted by molar-refractivity contribution is 0.569. The minimum absolute atomic E-state index is 0.223. The lowest BCUT2D eigenvalue weighted by atomic mass is 10.2. The molecule has 1 saturated carbocycles. The summed E-state index contributed by atoms with van der Waals surface area (Å²) >= 11 is 5.67. The van der Waals surface area contributed by atoms with Gasteiger partial charge >= 0.3 is 0 Å². The van der Waals surface area contributed by atoms with Gasteiger partial charge < -0.3 is 5.32 Å². The van der Waals surface area contributed by atoms with Crippen molar-refractivity contribution in [3.63, 3.8) is 0 Å². The third-order valence-corrected chi connectivity index (χ3v) is 3.25. The summed E-state index contributed by atoms with van der Waals surface area (Å²) in [6.07, 6.45) is 1.30. The van der Waals surface area contributed by atoms with Crippen LogP contribution in [-0.2, 0) is 6.54 Å². The maximum Gasteiger partial charge on any atom is 0.129 e. The van der Waals surface area contributed by atoms with Crippen LogP contribution in [0, 0.1) is 17.7 Å². The number of halogens is 2. The van der Waals surface area contributed by atoms with E-state index in [0.29, 0.717) is 17.1 Å². The lowest BCUT2D eigenvalue weighted by Crippen LogP contribution is -2.17. The highest BCUT2D eigenvalue weighted by Crippen LogP contribution is 2.36. The Morgan fingerprint density at radius 2 is 2.27 bits per heavy atom. The van der Waals surface area contributed by atoms with Gasteiger partial charge in [0.25, 0.3) is 0 Å². The van der Waals surface area contributed by atoms with Gasteiger partial charge in [0.05, 0.1) is 0 Å². The van der Waals surface area contributed by atoms with E-state index < -0.39 is 0 Å². The summed E-state index contributed by atoms with van der Waals surface area (Å²) in [6.45, 7) is 3.82. The third kappa shape index (κ3) is 2.93. The number of benzene rings is 1. The monoisotopic (exact) mass is 227 g/mol. The molecule has 0 bridgehead atoms. The molecule has 0 amide bonds. The molecule has 15 heavy (non-hydrogen) atoms. The second kappa shape index (κ2) is 4.50. The Morgan fingerprint density at radius 3 is 2.87 bits per heavy atom. The van der Waals surface area contributed by atoms with Gasteiger partial charge in [0.15, 0.2) is 0 Å². The fourth-order valence-corrected chi connectivity index (χ4v) is 1.90. The van der Waals surface area contributed by atoms with Crippen molar-refractivity contribution in [3.05, 3.63) is 34.6 Å². The largest absolute Gasteiger partial charge is 0.312 e. The molecule has 1 aromatic carbocycles. The van der Waals surface area contributed by atoms with Crippen LogP contribution in [0.4, 0.5) is 4.39 Å². The molecule has 0 heterocycles. The molecule has 0 radical (unpaired) electrons. The van der Waals surface area contributed by atoms with E-state index in [1.807, 2.05) is 0 Å². The van der Waals surface area contributed by atoms with Gasteiger partial charge in [0, 0.05) is 17.1 Å². The first kappa shape index (κ1) is 10.9. The molecule has 3 heteroatoms. The minimum atomic E-state index is -0.223. The highest BCUT2D eigenvalue weighted by atomic mass is 35.5. The Balaban J connectivity index is 1.82. The van der Waals surface area contributed by atoms with E-state index in [2.05, 4.69) is 12.2 Å². The summed E-state index contributed by atoms with van der Waals surface area (Å²) in [6, 6.07) is 4.82. The zero-order valence-corrected chi connectivity index (χ0v) is 9.52. The van der Waals surface area contributed by atoms with Crippen molar-refractivity contribution in [1.82, 2.24) is 5.32 Å². The van der Waals surface area contributed by atoms with Crippen molar-refractivity contribution in [3.8, 4) is 0 Å². The topological polar surface area (TPSA) is 12.0 Å². The van der Waals surface area contributed by atoms with Gasteiger partial charge in [0.2, 0.25) is 0 Å². The van der Waals surface area contributed by atoms with Crippen molar-refractivity contribution in [2.75, 3.05) is 6.54 Å². The molecule has 82 valence electrons. The van der Waals surface area contributed by atoms with Gasteiger partial charge in [-0.15, -0.1) is 0 Å². The van der Waals surface area contributed by atoms with E-state index in [4.69, 9.17) is 11.6 Å². The molecule has 1 aliphatic rings. The lowest BCUT2D eigenvalue weighted by Gasteiger charge is -2.05. The smallest absolute Gasteiger partial charge is 0.129 e. The quantitative estimate of drug-likeness (QED) is 0.833. The highest BCUT2D eigenvalue weighted by molar-refractivity contribution is 6.30. The van der Waals surface area contributed by atoms with Gasteiger partial charge in [0.1, 0.15) is 5.82 Å². The summed E-state index contributed by atoms with van der Waals surface area (Å²) in [5.41, 5.74) is 0.688. The molecule has 0 aliphatic heterocycles. The van der Waals surface area contributed by atoms with Crippen LogP contribution in [0.15, 0.2) is 18.2 Å². The Morgan fingerprint density at radius 1 is 1.53 bits per heavy atom. The molecular formula is C12H15ClFN. The predicted molar refractivity (Wildman–Crippen MR) is 60.4 cm³/mol. The van der Waals surface area contributed by atoms with Crippen molar-refractivity contribution < 1.29 is 4.39 Å². The maximum atomic E-state index is 13.3. The standard InChI is InChI=1S/C12H15ClFN/c1-8-4-10(8)7-15-6-9-2-3-11(13)5-12(9)14/h2-3,5,8,10,15H,4,6-7H2,1H3. The Bertz CT molecular complexity index is 353. The molecule has 0 aromatic heterocycles. The van der Waals surface area contributed by atoms with Crippen LogP contribution in [0.1, 0.15) is 18.9 Å². The molecule has 1 aromatic rings. The van der Waals surface area contributed by atoms with Crippen LogP contribution in [0.5, 0.6) is 0 Å². The zero-order valence-electron chi connectivity index (χ0n) is 8.76. The second-order valence-corrected chi connectivity index (χ2v) is 4.78. The van der Waals surface area contributed by atoms with E-state index in [1.165, 1.54) is 12.5 Å². The molecular weight excluding hydrogens is 213 g/mol. The van der Waals surface area contributed by atoms with Crippen LogP contribution in [0.2, 0.25) is 5.02 Å². The first-order chi connectivity index (χ1) is 7.16. The third-order valence-electron chi connectivity index (χ3n) is 3.01. The highest BCUT2D eigenvalue weighted by Gasteiger charge is 2.31. The second-order valence-electron chi connectivity index (χ2n) is 4.34. The Kier molecular flexibility index (Phi) is 3.27. The van der Waals surface area contributed by atoms with Crippen LogP contribution in [0.3, 0.4) is 0 Å². The fraction of sp³-hybridized carbons (Fsp3) is 0.500. The van der Waals surface area contributed by atoms with Crippen molar-refractivity contribution in [2.24, 2.45) is 11.8 Å². The van der Waals surface area contributed by atoms with E-state index in [-0.39, 0.29) is 5.82 Å². The SMILES string of the molecule is CC1CC1CNCc1ccc(Cl)cc1F. The van der Waals surface area contributed by atoms with Gasteiger partial charge in [-0.1, -0.05) is 24.6 Å². The van der Waals surface area contributed by atoms with Crippen molar-refractivity contribution in [2.45, 2.75) is 19.9 Å². The first-order valence-electron chi connectivity index (χ1n) is 5.31. The summed E-state index contributed by atoms with van der Waals surface area (Å²) in [5.74, 6) is 1.41. The average molecular weight is 228 g/mol. The predicted octanol–water partition coefficient (Wildman–Crippen LogP) is 3.22. The van der Waals surface area contributed by atoms with Crippen molar-refractivity contribution >= 4 is 11.6 Å². The summed E-state index contributed by atoms with van der Waals surface area (Å²) in [4.78, 5) is 0. The number of rotatable bonds is 4. The van der Waals surface area contributed by atoms with E-state index in [0.717, 1.165) is 18.4 Å². The van der Waals surface area contributed by atoms with Gasteiger partial charge in [-0.05, 0) is 36.9 Å². The van der Waals surface area contributed by atoms with Crippen LogP contribution in [0.25, 0.3) is 0 Å². The van der Waals surface area contributed by atoms with Gasteiger partial charge in [-0.2, -0.15) is 0 Å². The van der Waals surface area contributed by atoms with E-state index >= 15 is 0 Å². The fourth-order valence-electron chi connectivity index (χ4n) is 1.74.